The van der Waals surface area contributed by atoms with E-state index in [1.165, 1.54) is 17.0 Å². The van der Waals surface area contributed by atoms with Crippen molar-refractivity contribution in [2.45, 2.75) is 47.2 Å². The van der Waals surface area contributed by atoms with Gasteiger partial charge in [-0.2, -0.15) is 16.9 Å². The summed E-state index contributed by atoms with van der Waals surface area (Å²) < 4.78 is 2.09. The summed E-state index contributed by atoms with van der Waals surface area (Å²) in [5, 5.41) is 8.22. The Hall–Kier alpha value is -0.480. The third-order valence-electron chi connectivity index (χ3n) is 3.39. The van der Waals surface area contributed by atoms with Crippen molar-refractivity contribution < 1.29 is 0 Å². The van der Waals surface area contributed by atoms with Gasteiger partial charge in [0.05, 0.1) is 5.69 Å². The largest absolute Gasteiger partial charge is 0.310 e. The average Bonchev–Trinajstić information content (AvgIpc) is 2.61. The van der Waals surface area contributed by atoms with Crippen LogP contribution in [0.25, 0.3) is 0 Å². The minimum Gasteiger partial charge on any atom is -0.310 e. The highest BCUT2D eigenvalue weighted by molar-refractivity contribution is 7.98. The Labute approximate surface area is 116 Å². The summed E-state index contributed by atoms with van der Waals surface area (Å²) in [6.07, 6.45) is 2.17. The molecule has 1 heterocycles. The predicted octanol–water partition coefficient (Wildman–Crippen LogP) is 3.17. The summed E-state index contributed by atoms with van der Waals surface area (Å²) in [6.45, 7) is 13.0. The number of nitrogens with one attached hydrogen (secondary N) is 1. The van der Waals surface area contributed by atoms with Gasteiger partial charge in [-0.3, -0.25) is 4.68 Å². The van der Waals surface area contributed by atoms with Gasteiger partial charge in [-0.25, -0.2) is 0 Å². The van der Waals surface area contributed by atoms with Gasteiger partial charge in [0.1, 0.15) is 0 Å². The van der Waals surface area contributed by atoms with Crippen molar-refractivity contribution in [2.24, 2.45) is 5.92 Å². The molecule has 18 heavy (non-hydrogen) atoms. The molecule has 0 aliphatic heterocycles. The van der Waals surface area contributed by atoms with Crippen LogP contribution in [0.5, 0.6) is 0 Å². The number of aromatic nitrogens is 2. The van der Waals surface area contributed by atoms with Crippen molar-refractivity contribution in [1.82, 2.24) is 15.1 Å². The molecule has 0 amide bonds. The maximum Gasteiger partial charge on any atom is 0.0644 e. The smallest absolute Gasteiger partial charge is 0.0644 e. The first kappa shape index (κ1) is 15.6. The van der Waals surface area contributed by atoms with Crippen LogP contribution in [0.2, 0.25) is 0 Å². The molecule has 0 aliphatic rings. The van der Waals surface area contributed by atoms with Gasteiger partial charge < -0.3 is 5.32 Å². The quantitative estimate of drug-likeness (QED) is 0.824. The van der Waals surface area contributed by atoms with Crippen molar-refractivity contribution in [2.75, 3.05) is 18.6 Å². The van der Waals surface area contributed by atoms with Crippen LogP contribution in [0.4, 0.5) is 0 Å². The van der Waals surface area contributed by atoms with Crippen molar-refractivity contribution in [3.63, 3.8) is 0 Å². The molecular weight excluding hydrogens is 242 g/mol. The van der Waals surface area contributed by atoms with Crippen LogP contribution in [-0.2, 0) is 6.54 Å². The molecular formula is C14H27N3S. The molecule has 1 aromatic rings. The Balaban J connectivity index is 2.66. The number of nitrogens with zero attached hydrogens (tertiary/aromatic N) is 2. The van der Waals surface area contributed by atoms with Gasteiger partial charge in [-0.15, -0.1) is 0 Å². The molecule has 0 radical (unpaired) electrons. The zero-order valence-corrected chi connectivity index (χ0v) is 13.4. The molecule has 0 fully saturated rings. The van der Waals surface area contributed by atoms with Crippen LogP contribution >= 0.6 is 11.8 Å². The van der Waals surface area contributed by atoms with Crippen LogP contribution in [0, 0.1) is 19.8 Å². The molecule has 0 bridgehead atoms. The molecule has 3 nitrogen and oxygen atoms in total. The van der Waals surface area contributed by atoms with Crippen LogP contribution in [0.3, 0.4) is 0 Å². The zero-order chi connectivity index (χ0) is 13.7. The first-order valence-corrected chi connectivity index (χ1v) is 8.16. The number of hydrogen-bond acceptors (Lipinski definition) is 3. The SMILES string of the molecule is CCn1nc(C)c(C(C)NCC(C)CSC)c1C. The maximum absolute atomic E-state index is 4.59. The van der Waals surface area contributed by atoms with E-state index < -0.39 is 0 Å². The molecule has 2 unspecified atom stereocenters. The Morgan fingerprint density at radius 3 is 2.50 bits per heavy atom. The van der Waals surface area contributed by atoms with E-state index >= 15 is 0 Å². The lowest BCUT2D eigenvalue weighted by molar-refractivity contribution is 0.497. The third-order valence-corrected chi connectivity index (χ3v) is 4.30. The molecule has 1 aromatic heterocycles. The second-order valence-corrected chi connectivity index (χ2v) is 6.00. The maximum atomic E-state index is 4.59. The molecule has 2 atom stereocenters. The Morgan fingerprint density at radius 2 is 2.00 bits per heavy atom. The van der Waals surface area contributed by atoms with Crippen LogP contribution in [0.15, 0.2) is 0 Å². The number of rotatable bonds is 7. The number of hydrogen-bond donors (Lipinski definition) is 1. The topological polar surface area (TPSA) is 29.9 Å². The highest BCUT2D eigenvalue weighted by Gasteiger charge is 2.17. The monoisotopic (exact) mass is 269 g/mol. The van der Waals surface area contributed by atoms with Gasteiger partial charge in [0.2, 0.25) is 0 Å². The number of thioether (sulfide) groups is 1. The van der Waals surface area contributed by atoms with E-state index in [-0.39, 0.29) is 0 Å². The van der Waals surface area contributed by atoms with E-state index in [2.05, 4.69) is 56.0 Å². The van der Waals surface area contributed by atoms with Crippen LogP contribution in [-0.4, -0.2) is 28.3 Å². The predicted molar refractivity (Wildman–Crippen MR) is 81.3 cm³/mol. The van der Waals surface area contributed by atoms with E-state index in [1.54, 1.807) is 0 Å². The van der Waals surface area contributed by atoms with Gasteiger partial charge in [-0.05, 0) is 52.2 Å². The molecule has 1 rings (SSSR count). The van der Waals surface area contributed by atoms with Crippen molar-refractivity contribution in [3.8, 4) is 0 Å². The fourth-order valence-corrected chi connectivity index (χ4v) is 3.16. The van der Waals surface area contributed by atoms with Gasteiger partial charge in [0.25, 0.3) is 0 Å². The van der Waals surface area contributed by atoms with E-state index in [0.717, 1.165) is 18.8 Å². The molecule has 0 aliphatic carbocycles. The second-order valence-electron chi connectivity index (χ2n) is 5.09. The normalized spacial score (nSPS) is 14.8. The third kappa shape index (κ3) is 3.75. The van der Waals surface area contributed by atoms with Crippen LogP contribution < -0.4 is 5.32 Å². The summed E-state index contributed by atoms with van der Waals surface area (Å²) in [5.74, 6) is 1.93. The van der Waals surface area contributed by atoms with E-state index in [1.807, 2.05) is 11.8 Å². The zero-order valence-electron chi connectivity index (χ0n) is 12.6. The fourth-order valence-electron chi connectivity index (χ4n) is 2.47. The molecule has 1 N–H and O–H groups in total. The summed E-state index contributed by atoms with van der Waals surface area (Å²) >= 11 is 1.91. The molecule has 0 aromatic carbocycles. The van der Waals surface area contributed by atoms with Gasteiger partial charge >= 0.3 is 0 Å². The molecule has 4 heteroatoms. The second kappa shape index (κ2) is 7.19. The van der Waals surface area contributed by atoms with Crippen molar-refractivity contribution >= 4 is 11.8 Å². The average molecular weight is 269 g/mol. The van der Waals surface area contributed by atoms with Crippen molar-refractivity contribution in [1.29, 1.82) is 0 Å². The van der Waals surface area contributed by atoms with E-state index in [0.29, 0.717) is 12.0 Å². The minimum atomic E-state index is 0.384. The first-order chi connectivity index (χ1) is 8.51. The minimum absolute atomic E-state index is 0.384. The summed E-state index contributed by atoms with van der Waals surface area (Å²) in [4.78, 5) is 0. The van der Waals surface area contributed by atoms with E-state index in [4.69, 9.17) is 0 Å². The first-order valence-electron chi connectivity index (χ1n) is 6.77. The van der Waals surface area contributed by atoms with Gasteiger partial charge in [0, 0.05) is 23.8 Å². The van der Waals surface area contributed by atoms with Gasteiger partial charge in [0.15, 0.2) is 0 Å². The lowest BCUT2D eigenvalue weighted by Gasteiger charge is -2.18. The van der Waals surface area contributed by atoms with Crippen LogP contribution in [0.1, 0.15) is 43.8 Å². The molecule has 0 saturated heterocycles. The van der Waals surface area contributed by atoms with E-state index in [9.17, 15) is 0 Å². The van der Waals surface area contributed by atoms with Gasteiger partial charge in [-0.1, -0.05) is 6.92 Å². The molecule has 0 spiro atoms. The lowest BCUT2D eigenvalue weighted by atomic mass is 10.1. The Bertz CT molecular complexity index is 373. The Morgan fingerprint density at radius 1 is 1.33 bits per heavy atom. The van der Waals surface area contributed by atoms with Crippen molar-refractivity contribution in [3.05, 3.63) is 17.0 Å². The summed E-state index contributed by atoms with van der Waals surface area (Å²) in [6, 6.07) is 0.384. The Kier molecular flexibility index (Phi) is 6.22. The highest BCUT2D eigenvalue weighted by Crippen LogP contribution is 2.21. The highest BCUT2D eigenvalue weighted by atomic mass is 32.2. The standard InChI is InChI=1S/C14H27N3S/c1-7-17-13(5)14(12(4)16-17)11(3)15-8-10(2)9-18-6/h10-11,15H,7-9H2,1-6H3. The lowest BCUT2D eigenvalue weighted by Crippen LogP contribution is -2.26. The summed E-state index contributed by atoms with van der Waals surface area (Å²) in [5.41, 5.74) is 3.83. The summed E-state index contributed by atoms with van der Waals surface area (Å²) in [7, 11) is 0. The number of aryl methyl sites for hydroxylation is 2. The fraction of sp³-hybridized carbons (Fsp3) is 0.786. The molecule has 0 saturated carbocycles. The molecule has 104 valence electrons.